The fourth-order valence-electron chi connectivity index (χ4n) is 2.18. The largest absolute Gasteiger partial charge is 0.451 e. The number of sulfonamides is 1. The van der Waals surface area contributed by atoms with E-state index in [1.54, 1.807) is 12.1 Å². The molecule has 1 aromatic carbocycles. The second-order valence-corrected chi connectivity index (χ2v) is 11.2. The lowest BCUT2D eigenvalue weighted by molar-refractivity contribution is 0.150. The van der Waals surface area contributed by atoms with Crippen molar-refractivity contribution >= 4 is 32.5 Å². The van der Waals surface area contributed by atoms with Gasteiger partial charge in [-0.3, -0.25) is 0 Å². The number of nitrogens with zero attached hydrogens (tertiary/aromatic N) is 6. The molecule has 1 amide bonds. The van der Waals surface area contributed by atoms with Gasteiger partial charge in [-0.05, 0) is 16.5 Å². The average molecular weight is 473 g/mol. The van der Waals surface area contributed by atoms with Crippen LogP contribution in [0.1, 0.15) is 31.9 Å². The fourth-order valence-corrected chi connectivity index (χ4v) is 3.88. The maximum atomic E-state index is 12.8. The van der Waals surface area contributed by atoms with E-state index in [1.165, 1.54) is 14.1 Å². The first kappa shape index (κ1) is 24.4. The van der Waals surface area contributed by atoms with E-state index in [0.717, 1.165) is 23.2 Å². The first-order chi connectivity index (χ1) is 14.2. The van der Waals surface area contributed by atoms with Crippen molar-refractivity contribution in [1.29, 1.82) is 0 Å². The Hall–Kier alpha value is -2.84. The van der Waals surface area contributed by atoms with E-state index in [9.17, 15) is 21.6 Å². The van der Waals surface area contributed by atoms with Gasteiger partial charge in [-0.1, -0.05) is 49.5 Å². The summed E-state index contributed by atoms with van der Waals surface area (Å²) in [4.78, 5) is 15.6. The Morgan fingerprint density at radius 2 is 1.71 bits per heavy atom. The molecule has 1 heterocycles. The molecule has 0 aliphatic carbocycles. The molecule has 0 saturated carbocycles. The quantitative estimate of drug-likeness (QED) is 0.448. The molecule has 0 bridgehead atoms. The summed E-state index contributed by atoms with van der Waals surface area (Å²) in [6, 6.07) is 7.13. The van der Waals surface area contributed by atoms with Gasteiger partial charge in [-0.2, -0.15) is 26.2 Å². The van der Waals surface area contributed by atoms with Crippen LogP contribution < -0.4 is 0 Å². The Morgan fingerprint density at radius 1 is 1.13 bits per heavy atom. The maximum Gasteiger partial charge on any atom is 0.445 e. The lowest BCUT2D eigenvalue weighted by atomic mass is 9.87. The number of benzene rings is 1. The van der Waals surface area contributed by atoms with Crippen molar-refractivity contribution in [3.63, 3.8) is 0 Å². The molecule has 0 aliphatic heterocycles. The van der Waals surface area contributed by atoms with Crippen molar-refractivity contribution < 1.29 is 26.4 Å². The molecule has 0 aliphatic rings. The number of methoxy groups -OCH3 is 1. The van der Waals surface area contributed by atoms with Crippen LogP contribution in [0.3, 0.4) is 0 Å². The molecule has 0 radical (unpaired) electrons. The lowest BCUT2D eigenvalue weighted by Gasteiger charge is -2.18. The van der Waals surface area contributed by atoms with Crippen LogP contribution in [0.25, 0.3) is 0 Å². The molecular weight excluding hydrogens is 448 g/mol. The number of aromatic nitrogens is 3. The monoisotopic (exact) mass is 472 g/mol. The molecule has 0 N–H and O–H groups in total. The standard InChI is InChI=1S/C17H24N6O6S2/c1-17(2,3)14-9-7-13(8-10-14)11-19-23(16(24)29-6)30(25,26)15-18-12-22(20-15)31(27,28)21(4)5/h7-12H,1-6H3/b19-11+. The molecule has 0 atom stereocenters. The van der Waals surface area contributed by atoms with Crippen LogP contribution in [0.4, 0.5) is 4.79 Å². The minimum atomic E-state index is -4.74. The third-order valence-corrected chi connectivity index (χ3v) is 6.95. The number of ether oxygens (including phenoxy) is 1. The molecule has 14 heteroatoms. The van der Waals surface area contributed by atoms with Crippen LogP contribution in [0.5, 0.6) is 0 Å². The van der Waals surface area contributed by atoms with Gasteiger partial charge in [0.1, 0.15) is 6.33 Å². The van der Waals surface area contributed by atoms with Crippen molar-refractivity contribution in [2.24, 2.45) is 5.10 Å². The fraction of sp³-hybridized carbons (Fsp3) is 0.412. The molecule has 31 heavy (non-hydrogen) atoms. The molecule has 0 fully saturated rings. The summed E-state index contributed by atoms with van der Waals surface area (Å²) in [7, 11) is -5.40. The summed E-state index contributed by atoms with van der Waals surface area (Å²) in [6.45, 7) is 6.14. The first-order valence-electron chi connectivity index (χ1n) is 8.83. The second-order valence-electron chi connectivity index (χ2n) is 7.52. The summed E-state index contributed by atoms with van der Waals surface area (Å²) in [5.74, 6) is 0. The normalized spacial score (nSPS) is 13.0. The molecule has 1 aromatic heterocycles. The number of carbonyl (C=O) groups is 1. The Labute approximate surface area is 181 Å². The Kier molecular flexibility index (Phi) is 6.87. The van der Waals surface area contributed by atoms with Gasteiger partial charge in [0, 0.05) is 14.1 Å². The summed E-state index contributed by atoms with van der Waals surface area (Å²) >= 11 is 0. The third-order valence-electron chi connectivity index (χ3n) is 4.03. The van der Waals surface area contributed by atoms with Crippen molar-refractivity contribution in [2.75, 3.05) is 21.2 Å². The van der Waals surface area contributed by atoms with E-state index < -0.39 is 31.5 Å². The number of carbonyl (C=O) groups excluding carboxylic acids is 1. The van der Waals surface area contributed by atoms with Crippen LogP contribution in [0.2, 0.25) is 0 Å². The highest BCUT2D eigenvalue weighted by Gasteiger charge is 2.35. The number of hydrazone groups is 1. The Morgan fingerprint density at radius 3 is 2.19 bits per heavy atom. The second kappa shape index (κ2) is 8.72. The maximum absolute atomic E-state index is 12.8. The summed E-state index contributed by atoms with van der Waals surface area (Å²) in [5.41, 5.74) is 1.50. The van der Waals surface area contributed by atoms with Crippen molar-refractivity contribution in [1.82, 2.24) is 22.9 Å². The van der Waals surface area contributed by atoms with Gasteiger partial charge in [-0.15, -0.1) is 9.19 Å². The smallest absolute Gasteiger partial charge is 0.445 e. The summed E-state index contributed by atoms with van der Waals surface area (Å²) < 4.78 is 55.5. The van der Waals surface area contributed by atoms with Gasteiger partial charge in [0.15, 0.2) is 0 Å². The SMILES string of the molecule is COC(=O)N(/N=C/c1ccc(C(C)(C)C)cc1)S(=O)(=O)c1ncn(S(=O)(=O)N(C)C)n1. The highest BCUT2D eigenvalue weighted by Crippen LogP contribution is 2.22. The van der Waals surface area contributed by atoms with Crippen molar-refractivity contribution in [2.45, 2.75) is 31.3 Å². The zero-order valence-electron chi connectivity index (χ0n) is 17.9. The summed E-state index contributed by atoms with van der Waals surface area (Å²) in [5, 5.41) is 6.24. The number of rotatable bonds is 6. The van der Waals surface area contributed by atoms with Gasteiger partial charge in [-0.25, -0.2) is 9.78 Å². The summed E-state index contributed by atoms with van der Waals surface area (Å²) in [6.07, 6.45) is 0.524. The zero-order chi connectivity index (χ0) is 23.6. The number of hydrogen-bond acceptors (Lipinski definition) is 9. The van der Waals surface area contributed by atoms with E-state index in [-0.39, 0.29) is 9.83 Å². The Bertz CT molecular complexity index is 1180. The minimum absolute atomic E-state index is 0.0482. The van der Waals surface area contributed by atoms with Gasteiger partial charge < -0.3 is 4.74 Å². The van der Waals surface area contributed by atoms with Crippen molar-refractivity contribution in [3.8, 4) is 0 Å². The van der Waals surface area contributed by atoms with E-state index >= 15 is 0 Å². The van der Waals surface area contributed by atoms with Crippen LogP contribution in [0, 0.1) is 0 Å². The topological polar surface area (TPSA) is 144 Å². The van der Waals surface area contributed by atoms with E-state index in [2.05, 4.69) is 19.9 Å². The molecule has 2 rings (SSSR count). The van der Waals surface area contributed by atoms with Gasteiger partial charge in [0.05, 0.1) is 13.3 Å². The molecule has 2 aromatic rings. The molecule has 0 unspecified atom stereocenters. The molecule has 0 spiro atoms. The number of hydrogen-bond donors (Lipinski definition) is 0. The van der Waals surface area contributed by atoms with Crippen molar-refractivity contribution in [3.05, 3.63) is 41.7 Å². The molecular formula is C17H24N6O6S2. The molecule has 12 nitrogen and oxygen atoms in total. The highest BCUT2D eigenvalue weighted by molar-refractivity contribution is 7.89. The van der Waals surface area contributed by atoms with E-state index in [0.29, 0.717) is 16.0 Å². The lowest BCUT2D eigenvalue weighted by Crippen LogP contribution is -2.34. The van der Waals surface area contributed by atoms with Crippen LogP contribution in [0.15, 0.2) is 40.9 Å². The highest BCUT2D eigenvalue weighted by atomic mass is 32.2. The predicted octanol–water partition coefficient (Wildman–Crippen LogP) is 1.02. The molecule has 170 valence electrons. The number of amides is 1. The van der Waals surface area contributed by atoms with Gasteiger partial charge in [0.2, 0.25) is 0 Å². The minimum Gasteiger partial charge on any atom is -0.451 e. The van der Waals surface area contributed by atoms with E-state index in [1.807, 2.05) is 32.9 Å². The zero-order valence-corrected chi connectivity index (χ0v) is 19.5. The van der Waals surface area contributed by atoms with Gasteiger partial charge >= 0.3 is 26.3 Å². The predicted molar refractivity (Wildman–Crippen MR) is 112 cm³/mol. The Balaban J connectivity index is 2.41. The first-order valence-corrected chi connectivity index (χ1v) is 11.7. The van der Waals surface area contributed by atoms with Crippen LogP contribution in [-0.4, -0.2) is 73.2 Å². The van der Waals surface area contributed by atoms with E-state index in [4.69, 9.17) is 0 Å². The van der Waals surface area contributed by atoms with Crippen LogP contribution in [-0.2, 0) is 30.4 Å². The molecule has 0 saturated heterocycles. The van der Waals surface area contributed by atoms with Crippen LogP contribution >= 0.6 is 0 Å². The third kappa shape index (κ3) is 5.26. The van der Waals surface area contributed by atoms with Gasteiger partial charge in [0.25, 0.3) is 5.16 Å². The average Bonchev–Trinajstić information content (AvgIpc) is 3.19.